The number of aromatic amines is 1. The van der Waals surface area contributed by atoms with Crippen LogP contribution in [0.5, 0.6) is 0 Å². The van der Waals surface area contributed by atoms with Crippen LogP contribution in [-0.4, -0.2) is 22.3 Å². The lowest BCUT2D eigenvalue weighted by molar-refractivity contribution is -0.132. The minimum Gasteiger partial charge on any atom is -0.356 e. The highest BCUT2D eigenvalue weighted by molar-refractivity contribution is 5.86. The number of aromatic nitrogens is 1. The maximum atomic E-state index is 11.8. The number of nitrogens with zero attached hydrogens (tertiary/aromatic N) is 1. The van der Waals surface area contributed by atoms with Crippen molar-refractivity contribution < 1.29 is 4.79 Å². The summed E-state index contributed by atoms with van der Waals surface area (Å²) in [4.78, 5) is 17.4. The monoisotopic (exact) mass is 256 g/mol. The number of H-pyrrole nitrogens is 1. The number of hydrogen-bond donors (Lipinski definition) is 1. The molecular formula is C16H20N2O. The van der Waals surface area contributed by atoms with Crippen LogP contribution in [-0.2, 0) is 11.2 Å². The van der Waals surface area contributed by atoms with E-state index in [1.807, 2.05) is 4.90 Å². The van der Waals surface area contributed by atoms with Crippen LogP contribution in [0.15, 0.2) is 24.3 Å². The van der Waals surface area contributed by atoms with Gasteiger partial charge in [0.15, 0.2) is 0 Å². The minimum absolute atomic E-state index is 0.183. The van der Waals surface area contributed by atoms with Gasteiger partial charge in [-0.1, -0.05) is 31.5 Å². The molecule has 1 atom stereocenters. The Morgan fingerprint density at radius 1 is 1.42 bits per heavy atom. The molecule has 0 radical (unpaired) electrons. The quantitative estimate of drug-likeness (QED) is 0.878. The Morgan fingerprint density at radius 2 is 2.21 bits per heavy atom. The summed E-state index contributed by atoms with van der Waals surface area (Å²) in [6.07, 6.45) is 3.07. The van der Waals surface area contributed by atoms with Gasteiger partial charge < -0.3 is 9.88 Å². The molecule has 0 saturated heterocycles. The van der Waals surface area contributed by atoms with E-state index in [4.69, 9.17) is 0 Å². The second-order valence-electron chi connectivity index (χ2n) is 5.33. The number of hydrogen-bond acceptors (Lipinski definition) is 1. The van der Waals surface area contributed by atoms with Crippen molar-refractivity contribution in [1.29, 1.82) is 0 Å². The minimum atomic E-state index is 0.183. The Kier molecular flexibility index (Phi) is 3.05. The predicted octanol–water partition coefficient (Wildman–Crippen LogP) is 3.41. The average molecular weight is 256 g/mol. The standard InChI is InChI=1S/C16H20N2O/c1-3-6-15-16-13(9-10-18(15)11(2)19)12-7-4-5-8-14(12)17-16/h4-5,7-8,15,17H,3,6,9-10H2,1-2H3/t15-/m0/s1. The molecule has 0 saturated carbocycles. The number of fused-ring (bicyclic) bond motifs is 3. The molecule has 19 heavy (non-hydrogen) atoms. The van der Waals surface area contributed by atoms with Crippen LogP contribution in [0.3, 0.4) is 0 Å². The molecule has 0 fully saturated rings. The van der Waals surface area contributed by atoms with Crippen molar-refractivity contribution in [3.8, 4) is 0 Å². The summed E-state index contributed by atoms with van der Waals surface area (Å²) in [5.41, 5.74) is 3.86. The van der Waals surface area contributed by atoms with Gasteiger partial charge >= 0.3 is 0 Å². The summed E-state index contributed by atoms with van der Waals surface area (Å²) in [6, 6.07) is 8.66. The van der Waals surface area contributed by atoms with Gasteiger partial charge in [-0.2, -0.15) is 0 Å². The molecule has 0 aliphatic carbocycles. The highest BCUT2D eigenvalue weighted by atomic mass is 16.2. The molecule has 1 amide bonds. The summed E-state index contributed by atoms with van der Waals surface area (Å²) >= 11 is 0. The van der Waals surface area contributed by atoms with E-state index in [-0.39, 0.29) is 11.9 Å². The molecule has 2 heterocycles. The number of amides is 1. The lowest BCUT2D eigenvalue weighted by Crippen LogP contribution is -2.38. The third kappa shape index (κ3) is 1.93. The first-order valence-electron chi connectivity index (χ1n) is 7.09. The smallest absolute Gasteiger partial charge is 0.220 e. The largest absolute Gasteiger partial charge is 0.356 e. The highest BCUT2D eigenvalue weighted by Crippen LogP contribution is 2.36. The summed E-state index contributed by atoms with van der Waals surface area (Å²) < 4.78 is 0. The molecule has 0 bridgehead atoms. The van der Waals surface area contributed by atoms with Gasteiger partial charge in [-0.3, -0.25) is 4.79 Å². The number of nitrogens with one attached hydrogen (secondary N) is 1. The first kappa shape index (κ1) is 12.3. The number of benzene rings is 1. The molecule has 3 rings (SSSR count). The topological polar surface area (TPSA) is 36.1 Å². The third-order valence-electron chi connectivity index (χ3n) is 4.13. The van der Waals surface area contributed by atoms with E-state index < -0.39 is 0 Å². The van der Waals surface area contributed by atoms with Gasteiger partial charge in [-0.25, -0.2) is 0 Å². The van der Waals surface area contributed by atoms with E-state index in [1.54, 1.807) is 6.92 Å². The van der Waals surface area contributed by atoms with Crippen molar-refractivity contribution in [3.63, 3.8) is 0 Å². The van der Waals surface area contributed by atoms with Gasteiger partial charge in [-0.15, -0.1) is 0 Å². The van der Waals surface area contributed by atoms with Crippen molar-refractivity contribution in [2.45, 2.75) is 39.2 Å². The van der Waals surface area contributed by atoms with Crippen LogP contribution in [0.25, 0.3) is 10.9 Å². The molecular weight excluding hydrogens is 236 g/mol. The zero-order valence-corrected chi connectivity index (χ0v) is 11.6. The Bertz CT molecular complexity index is 614. The van der Waals surface area contributed by atoms with Crippen LogP contribution in [0.2, 0.25) is 0 Å². The van der Waals surface area contributed by atoms with Crippen LogP contribution in [0.1, 0.15) is 44.0 Å². The summed E-state index contributed by atoms with van der Waals surface area (Å²) in [6.45, 7) is 4.69. The van der Waals surface area contributed by atoms with Gasteiger partial charge in [-0.05, 0) is 24.5 Å². The first-order chi connectivity index (χ1) is 9.22. The Balaban J connectivity index is 2.12. The molecule has 0 unspecified atom stereocenters. The number of para-hydroxylation sites is 1. The lowest BCUT2D eigenvalue weighted by atomic mass is 9.94. The van der Waals surface area contributed by atoms with Crippen LogP contribution >= 0.6 is 0 Å². The molecule has 3 nitrogen and oxygen atoms in total. The number of carbonyl (C=O) groups is 1. The molecule has 1 aromatic heterocycles. The maximum absolute atomic E-state index is 11.8. The predicted molar refractivity (Wildman–Crippen MR) is 77.0 cm³/mol. The first-order valence-corrected chi connectivity index (χ1v) is 7.09. The van der Waals surface area contributed by atoms with E-state index in [2.05, 4.69) is 36.2 Å². The van der Waals surface area contributed by atoms with Crippen molar-refractivity contribution in [1.82, 2.24) is 9.88 Å². The van der Waals surface area contributed by atoms with Crippen LogP contribution in [0.4, 0.5) is 0 Å². The van der Waals surface area contributed by atoms with Gasteiger partial charge in [0.05, 0.1) is 6.04 Å². The molecule has 3 heteroatoms. The molecule has 1 aromatic carbocycles. The lowest BCUT2D eigenvalue weighted by Gasteiger charge is -2.35. The fraction of sp³-hybridized carbons (Fsp3) is 0.438. The van der Waals surface area contributed by atoms with Gasteiger partial charge in [0.25, 0.3) is 0 Å². The van der Waals surface area contributed by atoms with E-state index in [9.17, 15) is 4.79 Å². The van der Waals surface area contributed by atoms with E-state index in [1.165, 1.54) is 22.2 Å². The Labute approximate surface area is 113 Å². The van der Waals surface area contributed by atoms with Crippen molar-refractivity contribution in [2.24, 2.45) is 0 Å². The molecule has 2 aromatic rings. The summed E-state index contributed by atoms with van der Waals surface area (Å²) in [5.74, 6) is 0.183. The van der Waals surface area contributed by atoms with Crippen LogP contribution < -0.4 is 0 Å². The van der Waals surface area contributed by atoms with Crippen LogP contribution in [0, 0.1) is 0 Å². The molecule has 1 aliphatic rings. The van der Waals surface area contributed by atoms with E-state index >= 15 is 0 Å². The second kappa shape index (κ2) is 4.72. The van der Waals surface area contributed by atoms with E-state index in [0.717, 1.165) is 25.8 Å². The third-order valence-corrected chi connectivity index (χ3v) is 4.13. The molecule has 0 spiro atoms. The average Bonchev–Trinajstić information content (AvgIpc) is 2.78. The fourth-order valence-electron chi connectivity index (χ4n) is 3.27. The Morgan fingerprint density at radius 3 is 2.95 bits per heavy atom. The second-order valence-corrected chi connectivity index (χ2v) is 5.33. The fourth-order valence-corrected chi connectivity index (χ4v) is 3.27. The van der Waals surface area contributed by atoms with Gasteiger partial charge in [0.1, 0.15) is 0 Å². The van der Waals surface area contributed by atoms with Crippen molar-refractivity contribution >= 4 is 16.8 Å². The number of rotatable bonds is 2. The van der Waals surface area contributed by atoms with Gasteiger partial charge in [0, 0.05) is 30.1 Å². The highest BCUT2D eigenvalue weighted by Gasteiger charge is 2.30. The maximum Gasteiger partial charge on any atom is 0.220 e. The van der Waals surface area contributed by atoms with E-state index in [0.29, 0.717) is 0 Å². The summed E-state index contributed by atoms with van der Waals surface area (Å²) in [7, 11) is 0. The molecule has 1 aliphatic heterocycles. The normalized spacial score (nSPS) is 18.6. The molecule has 100 valence electrons. The SMILES string of the molecule is CCC[C@H]1c2[nH]c3ccccc3c2CCN1C(C)=O. The molecule has 1 N–H and O–H groups in total. The van der Waals surface area contributed by atoms with Crippen molar-refractivity contribution in [3.05, 3.63) is 35.5 Å². The van der Waals surface area contributed by atoms with Gasteiger partial charge in [0.2, 0.25) is 5.91 Å². The Hall–Kier alpha value is -1.77. The number of carbonyl (C=O) groups excluding carboxylic acids is 1. The zero-order chi connectivity index (χ0) is 13.4. The van der Waals surface area contributed by atoms with Crippen molar-refractivity contribution in [2.75, 3.05) is 6.54 Å². The summed E-state index contributed by atoms with van der Waals surface area (Å²) in [5, 5.41) is 1.32. The zero-order valence-electron chi connectivity index (χ0n) is 11.6.